The van der Waals surface area contributed by atoms with Crippen molar-refractivity contribution in [3.05, 3.63) is 94.8 Å². The first-order chi connectivity index (χ1) is 17.7. The summed E-state index contributed by atoms with van der Waals surface area (Å²) in [7, 11) is 3.03. The van der Waals surface area contributed by atoms with Crippen LogP contribution < -0.4 is 9.47 Å². The molecule has 1 heterocycles. The molecule has 1 amide bonds. The van der Waals surface area contributed by atoms with E-state index in [1.165, 1.54) is 49.5 Å². The van der Waals surface area contributed by atoms with Crippen LogP contribution in [0.15, 0.2) is 71.9 Å². The van der Waals surface area contributed by atoms with Gasteiger partial charge < -0.3 is 19.2 Å². The molecular formula is C27H24F4N2O4. The Morgan fingerprint density at radius 1 is 1.03 bits per heavy atom. The second kappa shape index (κ2) is 10.9. The summed E-state index contributed by atoms with van der Waals surface area (Å²) >= 11 is 0. The Hall–Kier alpha value is -4.08. The number of nitrogens with zero attached hydrogens (tertiary/aromatic N) is 2. The molecular weight excluding hydrogens is 492 g/mol. The zero-order chi connectivity index (χ0) is 26.6. The minimum Gasteiger partial charge on any atom is -0.493 e. The van der Waals surface area contributed by atoms with Crippen molar-refractivity contribution in [3.8, 4) is 11.5 Å². The number of hydrogen-bond acceptors (Lipinski definition) is 5. The van der Waals surface area contributed by atoms with Gasteiger partial charge in [-0.15, -0.1) is 0 Å². The van der Waals surface area contributed by atoms with Gasteiger partial charge in [-0.3, -0.25) is 4.79 Å². The predicted octanol–water partition coefficient (Wildman–Crippen LogP) is 5.70. The summed E-state index contributed by atoms with van der Waals surface area (Å²) in [5, 5.41) is 4.13. The quantitative estimate of drug-likeness (QED) is 0.361. The van der Waals surface area contributed by atoms with Crippen molar-refractivity contribution in [2.45, 2.75) is 25.2 Å². The number of amides is 1. The van der Waals surface area contributed by atoms with Crippen molar-refractivity contribution >= 4 is 11.6 Å². The summed E-state index contributed by atoms with van der Waals surface area (Å²) in [5.74, 6) is -0.341. The Labute approximate surface area is 211 Å². The first kappa shape index (κ1) is 26.0. The highest BCUT2D eigenvalue weighted by Crippen LogP contribution is 2.31. The SMILES string of the molecule is COc1ccc(C2=NOC(CN(Cc3cccc(C(F)(F)F)c3)C(=O)c3ccccc3F)C2)cc1OC. The van der Waals surface area contributed by atoms with E-state index in [0.29, 0.717) is 23.6 Å². The van der Waals surface area contributed by atoms with E-state index in [1.807, 2.05) is 0 Å². The number of ether oxygens (including phenoxy) is 2. The van der Waals surface area contributed by atoms with Crippen molar-refractivity contribution in [2.75, 3.05) is 20.8 Å². The van der Waals surface area contributed by atoms with E-state index in [4.69, 9.17) is 14.3 Å². The second-order valence-corrected chi connectivity index (χ2v) is 8.40. The molecule has 1 aliphatic heterocycles. The third kappa shape index (κ3) is 6.02. The van der Waals surface area contributed by atoms with Crippen molar-refractivity contribution in [1.29, 1.82) is 0 Å². The number of oxime groups is 1. The van der Waals surface area contributed by atoms with Crippen molar-refractivity contribution in [1.82, 2.24) is 4.90 Å². The van der Waals surface area contributed by atoms with E-state index in [2.05, 4.69) is 5.16 Å². The Balaban J connectivity index is 1.56. The lowest BCUT2D eigenvalue weighted by Gasteiger charge is -2.25. The van der Waals surface area contributed by atoms with Crippen molar-refractivity contribution in [3.63, 3.8) is 0 Å². The molecule has 0 aromatic heterocycles. The predicted molar refractivity (Wildman–Crippen MR) is 128 cm³/mol. The highest BCUT2D eigenvalue weighted by molar-refractivity contribution is 6.02. The minimum atomic E-state index is -4.53. The van der Waals surface area contributed by atoms with Crippen LogP contribution in [0.2, 0.25) is 0 Å². The Morgan fingerprint density at radius 2 is 1.78 bits per heavy atom. The molecule has 4 rings (SSSR count). The van der Waals surface area contributed by atoms with Crippen molar-refractivity contribution in [2.24, 2.45) is 5.16 Å². The van der Waals surface area contributed by atoms with Crippen LogP contribution in [0.4, 0.5) is 17.6 Å². The number of carbonyl (C=O) groups is 1. The van der Waals surface area contributed by atoms with Gasteiger partial charge in [-0.2, -0.15) is 13.2 Å². The third-order valence-electron chi connectivity index (χ3n) is 5.89. The molecule has 0 saturated carbocycles. The first-order valence-corrected chi connectivity index (χ1v) is 11.3. The van der Waals surface area contributed by atoms with Crippen LogP contribution in [0.1, 0.15) is 33.5 Å². The molecule has 1 atom stereocenters. The average molecular weight is 516 g/mol. The average Bonchev–Trinajstić information content (AvgIpc) is 3.36. The summed E-state index contributed by atoms with van der Waals surface area (Å²) in [6.45, 7) is -0.202. The number of methoxy groups -OCH3 is 2. The number of carbonyl (C=O) groups excluding carboxylic acids is 1. The maximum absolute atomic E-state index is 14.4. The van der Waals surface area contributed by atoms with Gasteiger partial charge in [-0.25, -0.2) is 4.39 Å². The molecule has 0 saturated heterocycles. The highest BCUT2D eigenvalue weighted by Gasteiger charge is 2.32. The summed E-state index contributed by atoms with van der Waals surface area (Å²) in [5.41, 5.74) is 0.555. The molecule has 3 aromatic rings. The monoisotopic (exact) mass is 516 g/mol. The summed E-state index contributed by atoms with van der Waals surface area (Å²) in [6, 6.07) is 15.4. The molecule has 0 N–H and O–H groups in total. The molecule has 3 aromatic carbocycles. The van der Waals surface area contributed by atoms with E-state index in [-0.39, 0.29) is 24.2 Å². The Morgan fingerprint density at radius 3 is 2.49 bits per heavy atom. The number of halogens is 4. The van der Waals surface area contributed by atoms with E-state index in [9.17, 15) is 22.4 Å². The van der Waals surface area contributed by atoms with Crippen LogP contribution in [0.5, 0.6) is 11.5 Å². The molecule has 0 bridgehead atoms. The van der Waals surface area contributed by atoms with E-state index in [1.54, 1.807) is 18.2 Å². The number of benzene rings is 3. The minimum absolute atomic E-state index is 0.0241. The largest absolute Gasteiger partial charge is 0.493 e. The van der Waals surface area contributed by atoms with Crippen LogP contribution >= 0.6 is 0 Å². The standard InChI is InChI=1S/C27H24F4N2O4/c1-35-24-11-10-18(13-25(24)36-2)23-14-20(37-32-23)16-33(26(34)21-8-3-4-9-22(21)28)15-17-6-5-7-19(12-17)27(29,30)31/h3-13,20H,14-16H2,1-2H3. The van der Waals surface area contributed by atoms with Crippen LogP contribution in [0, 0.1) is 5.82 Å². The van der Waals surface area contributed by atoms with Crippen LogP contribution in [-0.2, 0) is 17.6 Å². The molecule has 0 spiro atoms. The fourth-order valence-electron chi connectivity index (χ4n) is 4.05. The summed E-state index contributed by atoms with van der Waals surface area (Å²) < 4.78 is 64.7. The van der Waals surface area contributed by atoms with Gasteiger partial charge >= 0.3 is 6.18 Å². The van der Waals surface area contributed by atoms with E-state index >= 15 is 0 Å². The lowest BCUT2D eigenvalue weighted by atomic mass is 10.0. The molecule has 0 aliphatic carbocycles. The second-order valence-electron chi connectivity index (χ2n) is 8.40. The van der Waals surface area contributed by atoms with Gasteiger partial charge in [-0.05, 0) is 48.0 Å². The zero-order valence-corrected chi connectivity index (χ0v) is 20.1. The van der Waals surface area contributed by atoms with Crippen LogP contribution in [0.3, 0.4) is 0 Å². The Kier molecular flexibility index (Phi) is 7.66. The summed E-state index contributed by atoms with van der Waals surface area (Å²) in [6.07, 6.45) is -4.81. The zero-order valence-electron chi connectivity index (χ0n) is 20.1. The number of rotatable bonds is 8. The highest BCUT2D eigenvalue weighted by atomic mass is 19.4. The molecule has 1 aliphatic rings. The fourth-order valence-corrected chi connectivity index (χ4v) is 4.05. The topological polar surface area (TPSA) is 60.4 Å². The lowest BCUT2D eigenvalue weighted by molar-refractivity contribution is -0.137. The maximum atomic E-state index is 14.4. The van der Waals surface area contributed by atoms with Gasteiger partial charge in [0.05, 0.1) is 37.6 Å². The molecule has 0 radical (unpaired) electrons. The van der Waals surface area contributed by atoms with Gasteiger partial charge in [0, 0.05) is 18.5 Å². The van der Waals surface area contributed by atoms with Gasteiger partial charge in [0.1, 0.15) is 5.82 Å². The van der Waals surface area contributed by atoms with E-state index in [0.717, 1.165) is 23.8 Å². The van der Waals surface area contributed by atoms with Crippen molar-refractivity contribution < 1.29 is 36.7 Å². The first-order valence-electron chi connectivity index (χ1n) is 11.3. The number of alkyl halides is 3. The molecule has 1 unspecified atom stereocenters. The molecule has 10 heteroatoms. The van der Waals surface area contributed by atoms with Crippen LogP contribution in [0.25, 0.3) is 0 Å². The number of hydrogen-bond donors (Lipinski definition) is 0. The maximum Gasteiger partial charge on any atom is 0.416 e. The molecule has 194 valence electrons. The molecule has 0 fully saturated rings. The van der Waals surface area contributed by atoms with Gasteiger partial charge in [-0.1, -0.05) is 29.4 Å². The third-order valence-corrected chi connectivity index (χ3v) is 5.89. The van der Waals surface area contributed by atoms with E-state index < -0.39 is 29.6 Å². The lowest BCUT2D eigenvalue weighted by Crippen LogP contribution is -2.37. The Bertz CT molecular complexity index is 1310. The van der Waals surface area contributed by atoms with Gasteiger partial charge in [0.25, 0.3) is 5.91 Å². The van der Waals surface area contributed by atoms with Gasteiger partial charge in [0.2, 0.25) is 0 Å². The smallest absolute Gasteiger partial charge is 0.416 e. The summed E-state index contributed by atoms with van der Waals surface area (Å²) in [4.78, 5) is 20.1. The normalized spacial score (nSPS) is 15.1. The fraction of sp³-hybridized carbons (Fsp3) is 0.259. The van der Waals surface area contributed by atoms with Crippen LogP contribution in [-0.4, -0.2) is 43.4 Å². The molecule has 6 nitrogen and oxygen atoms in total. The molecule has 37 heavy (non-hydrogen) atoms. The van der Waals surface area contributed by atoms with Gasteiger partial charge in [0.15, 0.2) is 17.6 Å².